The Kier molecular flexibility index (Phi) is 4.70. The lowest BCUT2D eigenvalue weighted by molar-refractivity contribution is -0.119. The van der Waals surface area contributed by atoms with Crippen molar-refractivity contribution in [3.05, 3.63) is 65.5 Å². The molecule has 0 unspecified atom stereocenters. The van der Waals surface area contributed by atoms with Gasteiger partial charge >= 0.3 is 5.97 Å². The second-order valence-electron chi connectivity index (χ2n) is 5.65. The minimum atomic E-state index is -0.610. The zero-order valence-corrected chi connectivity index (χ0v) is 13.9. The van der Waals surface area contributed by atoms with E-state index in [1.54, 1.807) is 24.4 Å². The highest BCUT2D eigenvalue weighted by Gasteiger charge is 2.14. The summed E-state index contributed by atoms with van der Waals surface area (Å²) in [4.78, 5) is 32.5. The number of para-hydroxylation sites is 1. The predicted octanol–water partition coefficient (Wildman–Crippen LogP) is 3.04. The van der Waals surface area contributed by atoms with Crippen LogP contribution in [0.15, 0.2) is 48.8 Å². The number of esters is 1. The molecule has 25 heavy (non-hydrogen) atoms. The van der Waals surface area contributed by atoms with Gasteiger partial charge < -0.3 is 10.1 Å². The van der Waals surface area contributed by atoms with Crippen LogP contribution in [-0.2, 0) is 9.53 Å². The van der Waals surface area contributed by atoms with E-state index in [1.165, 1.54) is 6.20 Å². The molecule has 1 heterocycles. The highest BCUT2D eigenvalue weighted by molar-refractivity contribution is 6.02. The van der Waals surface area contributed by atoms with Crippen LogP contribution in [0.1, 0.15) is 21.5 Å². The number of nitrogens with one attached hydrogen (secondary N) is 1. The number of carbonyl (C=O) groups excluding carboxylic acids is 2. The molecule has 1 N–H and O–H groups in total. The average molecular weight is 335 g/mol. The van der Waals surface area contributed by atoms with Crippen LogP contribution in [0.25, 0.3) is 11.0 Å². The van der Waals surface area contributed by atoms with Crippen molar-refractivity contribution in [2.24, 2.45) is 0 Å². The number of amides is 1. The van der Waals surface area contributed by atoms with Crippen LogP contribution < -0.4 is 5.32 Å². The van der Waals surface area contributed by atoms with Gasteiger partial charge in [0.2, 0.25) is 0 Å². The summed E-state index contributed by atoms with van der Waals surface area (Å²) in [6.07, 6.45) is 3.06. The Labute approximate surface area is 144 Å². The Bertz CT molecular complexity index is 948. The van der Waals surface area contributed by atoms with Crippen molar-refractivity contribution in [2.45, 2.75) is 13.8 Å². The number of rotatable bonds is 4. The lowest BCUT2D eigenvalue weighted by atomic mass is 10.1. The van der Waals surface area contributed by atoms with Crippen LogP contribution >= 0.6 is 0 Å². The van der Waals surface area contributed by atoms with Crippen LogP contribution in [0, 0.1) is 13.8 Å². The van der Waals surface area contributed by atoms with Gasteiger partial charge in [-0.25, -0.2) is 4.79 Å². The monoisotopic (exact) mass is 335 g/mol. The van der Waals surface area contributed by atoms with Crippen molar-refractivity contribution in [1.82, 2.24) is 9.97 Å². The van der Waals surface area contributed by atoms with Gasteiger partial charge in [0, 0.05) is 18.1 Å². The lowest BCUT2D eigenvalue weighted by Crippen LogP contribution is -2.21. The highest BCUT2D eigenvalue weighted by Crippen LogP contribution is 2.16. The summed E-state index contributed by atoms with van der Waals surface area (Å²) in [5, 5.41) is 2.71. The van der Waals surface area contributed by atoms with E-state index in [1.807, 2.05) is 32.0 Å². The fraction of sp³-hybridized carbons (Fsp3) is 0.158. The molecule has 0 spiro atoms. The van der Waals surface area contributed by atoms with E-state index in [9.17, 15) is 9.59 Å². The molecule has 0 saturated carbocycles. The van der Waals surface area contributed by atoms with Gasteiger partial charge in [0.1, 0.15) is 5.52 Å². The maximum absolute atomic E-state index is 12.2. The smallest absolute Gasteiger partial charge is 0.340 e. The molecular weight excluding hydrogens is 318 g/mol. The molecule has 0 bridgehead atoms. The SMILES string of the molecule is Cc1ccc(NC(=O)COC(=O)c2cccc3nccnc23)cc1C. The van der Waals surface area contributed by atoms with Gasteiger partial charge in [-0.15, -0.1) is 0 Å². The van der Waals surface area contributed by atoms with Crippen molar-refractivity contribution < 1.29 is 14.3 Å². The first-order valence-corrected chi connectivity index (χ1v) is 7.78. The minimum absolute atomic E-state index is 0.282. The summed E-state index contributed by atoms with van der Waals surface area (Å²) in [6.45, 7) is 3.59. The number of benzene rings is 2. The van der Waals surface area contributed by atoms with Crippen LogP contribution in [0.3, 0.4) is 0 Å². The Balaban J connectivity index is 1.65. The maximum atomic E-state index is 12.2. The minimum Gasteiger partial charge on any atom is -0.452 e. The Morgan fingerprint density at radius 2 is 1.84 bits per heavy atom. The molecule has 0 aliphatic rings. The summed E-state index contributed by atoms with van der Waals surface area (Å²) in [5.41, 5.74) is 4.21. The predicted molar refractivity (Wildman–Crippen MR) is 94.4 cm³/mol. The van der Waals surface area contributed by atoms with E-state index in [0.29, 0.717) is 16.7 Å². The van der Waals surface area contributed by atoms with Gasteiger partial charge in [-0.3, -0.25) is 14.8 Å². The van der Waals surface area contributed by atoms with Crippen molar-refractivity contribution in [1.29, 1.82) is 0 Å². The number of nitrogens with zero attached hydrogens (tertiary/aromatic N) is 2. The number of aryl methyl sites for hydroxylation is 2. The van der Waals surface area contributed by atoms with E-state index < -0.39 is 11.9 Å². The first-order valence-electron chi connectivity index (χ1n) is 7.78. The summed E-state index contributed by atoms with van der Waals surface area (Å²) in [6, 6.07) is 10.7. The number of fused-ring (bicyclic) bond motifs is 1. The van der Waals surface area contributed by atoms with E-state index >= 15 is 0 Å². The Hall–Kier alpha value is -3.28. The van der Waals surface area contributed by atoms with E-state index in [0.717, 1.165) is 11.1 Å². The number of ether oxygens (including phenoxy) is 1. The molecule has 0 radical (unpaired) electrons. The average Bonchev–Trinajstić information content (AvgIpc) is 2.62. The first kappa shape index (κ1) is 16.6. The Morgan fingerprint density at radius 3 is 2.64 bits per heavy atom. The van der Waals surface area contributed by atoms with Crippen LogP contribution in [0.2, 0.25) is 0 Å². The molecule has 3 aromatic rings. The standard InChI is InChI=1S/C19H17N3O3/c1-12-6-7-14(10-13(12)2)22-17(23)11-25-19(24)15-4-3-5-16-18(15)21-9-8-20-16/h3-10H,11H2,1-2H3,(H,22,23). The maximum Gasteiger partial charge on any atom is 0.340 e. The highest BCUT2D eigenvalue weighted by atomic mass is 16.5. The third-order valence-electron chi connectivity index (χ3n) is 3.84. The fourth-order valence-corrected chi connectivity index (χ4v) is 2.38. The second-order valence-corrected chi connectivity index (χ2v) is 5.65. The Morgan fingerprint density at radius 1 is 1.04 bits per heavy atom. The summed E-state index contributed by atoms with van der Waals surface area (Å²) in [5.74, 6) is -1.01. The number of anilines is 1. The van der Waals surface area contributed by atoms with E-state index in [4.69, 9.17) is 4.74 Å². The van der Waals surface area contributed by atoms with Gasteiger partial charge in [-0.1, -0.05) is 12.1 Å². The van der Waals surface area contributed by atoms with Gasteiger partial charge in [-0.05, 0) is 49.2 Å². The third-order valence-corrected chi connectivity index (χ3v) is 3.84. The topological polar surface area (TPSA) is 81.2 Å². The quantitative estimate of drug-likeness (QED) is 0.741. The second kappa shape index (κ2) is 7.09. The van der Waals surface area contributed by atoms with Gasteiger partial charge in [0.25, 0.3) is 5.91 Å². The molecule has 0 atom stereocenters. The van der Waals surface area contributed by atoms with Gasteiger partial charge in [-0.2, -0.15) is 0 Å². The van der Waals surface area contributed by atoms with E-state index in [-0.39, 0.29) is 12.2 Å². The van der Waals surface area contributed by atoms with Crippen molar-refractivity contribution >= 4 is 28.6 Å². The van der Waals surface area contributed by atoms with Crippen molar-refractivity contribution in [3.63, 3.8) is 0 Å². The summed E-state index contributed by atoms with van der Waals surface area (Å²) >= 11 is 0. The number of hydrogen-bond donors (Lipinski definition) is 1. The normalized spacial score (nSPS) is 10.5. The fourth-order valence-electron chi connectivity index (χ4n) is 2.38. The van der Waals surface area contributed by atoms with Crippen molar-refractivity contribution in [3.8, 4) is 0 Å². The molecule has 6 heteroatoms. The van der Waals surface area contributed by atoms with Gasteiger partial charge in [0.15, 0.2) is 6.61 Å². The zero-order valence-electron chi connectivity index (χ0n) is 13.9. The first-order chi connectivity index (χ1) is 12.0. The number of hydrogen-bond acceptors (Lipinski definition) is 5. The largest absolute Gasteiger partial charge is 0.452 e. The van der Waals surface area contributed by atoms with Crippen molar-refractivity contribution in [2.75, 3.05) is 11.9 Å². The molecule has 6 nitrogen and oxygen atoms in total. The molecular formula is C19H17N3O3. The zero-order chi connectivity index (χ0) is 17.8. The molecule has 0 fully saturated rings. The van der Waals surface area contributed by atoms with E-state index in [2.05, 4.69) is 15.3 Å². The molecule has 126 valence electrons. The van der Waals surface area contributed by atoms with Gasteiger partial charge in [0.05, 0.1) is 11.1 Å². The number of carbonyl (C=O) groups is 2. The molecule has 1 amide bonds. The number of aromatic nitrogens is 2. The molecule has 3 rings (SSSR count). The van der Waals surface area contributed by atoms with Crippen LogP contribution in [0.4, 0.5) is 5.69 Å². The van der Waals surface area contributed by atoms with Crippen LogP contribution in [0.5, 0.6) is 0 Å². The molecule has 2 aromatic carbocycles. The molecule has 0 aliphatic carbocycles. The lowest BCUT2D eigenvalue weighted by Gasteiger charge is -2.09. The van der Waals surface area contributed by atoms with Crippen LogP contribution in [-0.4, -0.2) is 28.5 Å². The third kappa shape index (κ3) is 3.80. The molecule has 0 aliphatic heterocycles. The molecule has 0 saturated heterocycles. The summed E-state index contributed by atoms with van der Waals surface area (Å²) < 4.78 is 5.11. The summed E-state index contributed by atoms with van der Waals surface area (Å²) in [7, 11) is 0. The molecule has 1 aromatic heterocycles.